The van der Waals surface area contributed by atoms with E-state index in [4.69, 9.17) is 21.1 Å². The Balaban J connectivity index is 1.64. The van der Waals surface area contributed by atoms with Gasteiger partial charge in [0.05, 0.1) is 18.2 Å². The molecule has 0 saturated carbocycles. The van der Waals surface area contributed by atoms with Crippen LogP contribution in [0, 0.1) is 0 Å². The molecule has 0 bridgehead atoms. The highest BCUT2D eigenvalue weighted by molar-refractivity contribution is 6.30. The second-order valence-electron chi connectivity index (χ2n) is 4.76. The van der Waals surface area contributed by atoms with Crippen LogP contribution in [0.5, 0.6) is 0 Å². The number of rotatable bonds is 1. The van der Waals surface area contributed by atoms with E-state index in [1.54, 1.807) is 17.0 Å². The normalized spacial score (nSPS) is 21.8. The van der Waals surface area contributed by atoms with Gasteiger partial charge >= 0.3 is 0 Å². The molecule has 1 spiro atoms. The lowest BCUT2D eigenvalue weighted by atomic mass is 10.0. The maximum atomic E-state index is 12.3. The molecule has 3 rings (SSSR count). The average molecular weight is 283 g/mol. The van der Waals surface area contributed by atoms with Crippen molar-refractivity contribution in [2.75, 3.05) is 26.3 Å². The molecular weight excluding hydrogens is 268 g/mol. The van der Waals surface area contributed by atoms with Crippen molar-refractivity contribution in [1.82, 2.24) is 9.88 Å². The lowest BCUT2D eigenvalue weighted by molar-refractivity contribution is -0.181. The zero-order chi connectivity index (χ0) is 13.3. The molecule has 2 aliphatic rings. The summed E-state index contributed by atoms with van der Waals surface area (Å²) < 4.78 is 11.3. The van der Waals surface area contributed by atoms with Gasteiger partial charge < -0.3 is 14.4 Å². The molecule has 1 amide bonds. The van der Waals surface area contributed by atoms with Gasteiger partial charge in [-0.2, -0.15) is 0 Å². The minimum absolute atomic E-state index is 0.0653. The molecule has 0 aliphatic carbocycles. The van der Waals surface area contributed by atoms with Gasteiger partial charge in [-0.3, -0.25) is 4.79 Å². The number of halogens is 1. The predicted octanol–water partition coefficient (Wildman–Crippen LogP) is 1.71. The van der Waals surface area contributed by atoms with E-state index in [9.17, 15) is 4.79 Å². The van der Waals surface area contributed by atoms with Crippen molar-refractivity contribution in [2.24, 2.45) is 0 Å². The first-order valence-corrected chi connectivity index (χ1v) is 6.75. The summed E-state index contributed by atoms with van der Waals surface area (Å²) in [5.74, 6) is -0.519. The van der Waals surface area contributed by atoms with Crippen LogP contribution in [-0.2, 0) is 9.47 Å². The van der Waals surface area contributed by atoms with E-state index in [1.165, 1.54) is 6.20 Å². The van der Waals surface area contributed by atoms with E-state index in [0.717, 1.165) is 0 Å². The number of likely N-dealkylation sites (tertiary alicyclic amines) is 1. The number of aromatic nitrogens is 1. The Labute approximate surface area is 116 Å². The van der Waals surface area contributed by atoms with Gasteiger partial charge in [0.1, 0.15) is 5.69 Å². The van der Waals surface area contributed by atoms with Crippen LogP contribution in [0.25, 0.3) is 0 Å². The van der Waals surface area contributed by atoms with Crippen LogP contribution in [0.15, 0.2) is 18.3 Å². The summed E-state index contributed by atoms with van der Waals surface area (Å²) >= 11 is 5.76. The summed E-state index contributed by atoms with van der Waals surface area (Å²) in [4.78, 5) is 18.1. The monoisotopic (exact) mass is 282 g/mol. The number of pyridine rings is 1. The standard InChI is InChI=1S/C13H15ClN2O3/c14-10-1-2-11(15-9-10)12(17)16-5-3-13(4-6-16)18-7-8-19-13/h1-2,9H,3-8H2. The number of nitrogens with zero attached hydrogens (tertiary/aromatic N) is 2. The van der Waals surface area contributed by atoms with Crippen LogP contribution in [-0.4, -0.2) is 47.9 Å². The van der Waals surface area contributed by atoms with Gasteiger partial charge in [0.25, 0.3) is 5.91 Å². The third-order valence-corrected chi connectivity index (χ3v) is 3.80. The van der Waals surface area contributed by atoms with Crippen molar-refractivity contribution in [1.29, 1.82) is 0 Å². The van der Waals surface area contributed by atoms with E-state index in [0.29, 0.717) is 49.9 Å². The van der Waals surface area contributed by atoms with Crippen molar-refractivity contribution in [3.63, 3.8) is 0 Å². The Bertz CT molecular complexity index is 461. The highest BCUT2D eigenvalue weighted by Crippen LogP contribution is 2.31. The van der Waals surface area contributed by atoms with Gasteiger partial charge in [-0.25, -0.2) is 4.98 Å². The van der Waals surface area contributed by atoms with Crippen molar-refractivity contribution in [3.05, 3.63) is 29.0 Å². The van der Waals surface area contributed by atoms with E-state index >= 15 is 0 Å². The zero-order valence-corrected chi connectivity index (χ0v) is 11.2. The van der Waals surface area contributed by atoms with E-state index in [1.807, 2.05) is 0 Å². The van der Waals surface area contributed by atoms with Crippen molar-refractivity contribution >= 4 is 17.5 Å². The molecule has 0 N–H and O–H groups in total. The number of carbonyl (C=O) groups excluding carboxylic acids is 1. The average Bonchev–Trinajstić information content (AvgIpc) is 2.88. The van der Waals surface area contributed by atoms with Gasteiger partial charge in [0.15, 0.2) is 5.79 Å². The molecule has 102 valence electrons. The Morgan fingerprint density at radius 2 is 1.95 bits per heavy atom. The fraction of sp³-hybridized carbons (Fsp3) is 0.538. The molecule has 0 aromatic carbocycles. The molecule has 2 saturated heterocycles. The topological polar surface area (TPSA) is 51.7 Å². The van der Waals surface area contributed by atoms with Gasteiger partial charge in [-0.15, -0.1) is 0 Å². The quantitative estimate of drug-likeness (QED) is 0.787. The van der Waals surface area contributed by atoms with Crippen molar-refractivity contribution in [3.8, 4) is 0 Å². The number of hydrogen-bond donors (Lipinski definition) is 0. The van der Waals surface area contributed by atoms with E-state index < -0.39 is 5.79 Å². The van der Waals surface area contributed by atoms with Crippen molar-refractivity contribution in [2.45, 2.75) is 18.6 Å². The zero-order valence-electron chi connectivity index (χ0n) is 10.5. The second kappa shape index (κ2) is 5.07. The molecule has 2 aliphatic heterocycles. The van der Waals surface area contributed by atoms with Gasteiger partial charge in [0, 0.05) is 32.1 Å². The van der Waals surface area contributed by atoms with E-state index in [-0.39, 0.29) is 5.91 Å². The molecule has 2 fully saturated rings. The highest BCUT2D eigenvalue weighted by Gasteiger charge is 2.40. The Hall–Kier alpha value is -1.17. The molecule has 1 aromatic rings. The van der Waals surface area contributed by atoms with Crippen LogP contribution in [0.1, 0.15) is 23.3 Å². The molecule has 6 heteroatoms. The Kier molecular flexibility index (Phi) is 3.43. The minimum Gasteiger partial charge on any atom is -0.347 e. The predicted molar refractivity (Wildman–Crippen MR) is 69.0 cm³/mol. The summed E-state index contributed by atoms with van der Waals surface area (Å²) in [7, 11) is 0. The molecule has 3 heterocycles. The highest BCUT2D eigenvalue weighted by atomic mass is 35.5. The van der Waals surface area contributed by atoms with Gasteiger partial charge in [0.2, 0.25) is 0 Å². The van der Waals surface area contributed by atoms with Crippen molar-refractivity contribution < 1.29 is 14.3 Å². The van der Waals surface area contributed by atoms with Crippen LogP contribution in [0.2, 0.25) is 5.02 Å². The summed E-state index contributed by atoms with van der Waals surface area (Å²) in [5.41, 5.74) is 0.425. The van der Waals surface area contributed by atoms with Crippen LogP contribution >= 0.6 is 11.6 Å². The summed E-state index contributed by atoms with van der Waals surface area (Å²) in [6, 6.07) is 3.33. The largest absolute Gasteiger partial charge is 0.347 e. The first-order chi connectivity index (χ1) is 9.19. The molecule has 5 nitrogen and oxygen atoms in total. The summed E-state index contributed by atoms with van der Waals surface area (Å²) in [5, 5.41) is 0.530. The Morgan fingerprint density at radius 1 is 1.26 bits per heavy atom. The molecule has 0 atom stereocenters. The number of ether oxygens (including phenoxy) is 2. The Morgan fingerprint density at radius 3 is 2.53 bits per heavy atom. The summed E-state index contributed by atoms with van der Waals surface area (Å²) in [6.07, 6.45) is 2.92. The number of piperidine rings is 1. The van der Waals surface area contributed by atoms with Gasteiger partial charge in [-0.1, -0.05) is 11.6 Å². The fourth-order valence-corrected chi connectivity index (χ4v) is 2.61. The molecule has 19 heavy (non-hydrogen) atoms. The van der Waals surface area contributed by atoms with E-state index in [2.05, 4.69) is 4.98 Å². The number of hydrogen-bond acceptors (Lipinski definition) is 4. The third-order valence-electron chi connectivity index (χ3n) is 3.57. The van der Waals surface area contributed by atoms with Crippen LogP contribution in [0.3, 0.4) is 0 Å². The smallest absolute Gasteiger partial charge is 0.272 e. The molecule has 0 radical (unpaired) electrons. The first kappa shape index (κ1) is 12.8. The lowest BCUT2D eigenvalue weighted by Crippen LogP contribution is -2.47. The van der Waals surface area contributed by atoms with Gasteiger partial charge in [-0.05, 0) is 12.1 Å². The van der Waals surface area contributed by atoms with Crippen LogP contribution in [0.4, 0.5) is 0 Å². The van der Waals surface area contributed by atoms with Crippen LogP contribution < -0.4 is 0 Å². The number of carbonyl (C=O) groups is 1. The molecular formula is C13H15ClN2O3. The lowest BCUT2D eigenvalue weighted by Gasteiger charge is -2.37. The molecule has 0 unspecified atom stereocenters. The SMILES string of the molecule is O=C(c1ccc(Cl)cn1)N1CCC2(CC1)OCCO2. The maximum absolute atomic E-state index is 12.3. The third kappa shape index (κ3) is 2.59. The molecule has 1 aromatic heterocycles. The summed E-state index contributed by atoms with van der Waals surface area (Å²) in [6.45, 7) is 2.55. The fourth-order valence-electron chi connectivity index (χ4n) is 2.50. The maximum Gasteiger partial charge on any atom is 0.272 e. The number of amides is 1. The second-order valence-corrected chi connectivity index (χ2v) is 5.20. The minimum atomic E-state index is -0.454. The first-order valence-electron chi connectivity index (χ1n) is 6.37.